The number of aliphatic carboxylic acids is 1. The van der Waals surface area contributed by atoms with Crippen molar-refractivity contribution >= 4 is 11.9 Å². The highest BCUT2D eigenvalue weighted by molar-refractivity contribution is 5.75. The standard InChI is InChI=1S/C48H79NO16/c1-23(50)49-32-36(56)35(55)28(22-62-41-38(34(54)27(52)21-61-41)65-40-37(57)33(53)26(51)20-60-40)63-39(32)64-31-12-13-45(6)29(44(31,4)5)11-14-47(8)30(45)10-9-24-25-19-43(2,3)15-17-48(25,42(58)59)18-16-46(24,47)7/h24-41,51-57H,9-22H2,1-8H3,(H,49,50)(H,58,59). The molecule has 17 nitrogen and oxygen atoms in total. The summed E-state index contributed by atoms with van der Waals surface area (Å²) in [4.78, 5) is 25.7. The fraction of sp³-hybridized carbons (Fsp3) is 0.958. The fourth-order valence-electron chi connectivity index (χ4n) is 15.7. The molecule has 3 aliphatic heterocycles. The van der Waals surface area contributed by atoms with Gasteiger partial charge in [0, 0.05) is 6.92 Å². The molecular formula is C48H79NO16. The number of fused-ring (bicyclic) bond motifs is 7. The Morgan fingerprint density at radius 3 is 1.98 bits per heavy atom. The maximum Gasteiger partial charge on any atom is 0.309 e. The van der Waals surface area contributed by atoms with Crippen LogP contribution in [-0.2, 0) is 38.0 Å². The monoisotopic (exact) mass is 926 g/mol. The van der Waals surface area contributed by atoms with Crippen LogP contribution in [0.3, 0.4) is 0 Å². The van der Waals surface area contributed by atoms with Crippen LogP contribution in [-0.4, -0.2) is 159 Å². The lowest BCUT2D eigenvalue weighted by atomic mass is 9.31. The lowest BCUT2D eigenvalue weighted by Gasteiger charge is -2.73. The van der Waals surface area contributed by atoms with Gasteiger partial charge in [-0.25, -0.2) is 0 Å². The number of rotatable bonds is 9. The van der Waals surface area contributed by atoms with Crippen LogP contribution in [0.15, 0.2) is 0 Å². The highest BCUT2D eigenvalue weighted by Gasteiger charge is 2.71. The zero-order valence-corrected chi connectivity index (χ0v) is 39.6. The van der Waals surface area contributed by atoms with Crippen molar-refractivity contribution in [2.24, 2.45) is 56.2 Å². The fourth-order valence-corrected chi connectivity index (χ4v) is 15.7. The van der Waals surface area contributed by atoms with E-state index >= 15 is 0 Å². The van der Waals surface area contributed by atoms with Gasteiger partial charge in [-0.2, -0.15) is 0 Å². The van der Waals surface area contributed by atoms with Gasteiger partial charge in [-0.1, -0.05) is 48.5 Å². The second kappa shape index (κ2) is 17.7. The molecule has 0 spiro atoms. The van der Waals surface area contributed by atoms with Gasteiger partial charge in [0.15, 0.2) is 18.9 Å². The zero-order valence-electron chi connectivity index (χ0n) is 39.6. The number of ether oxygens (including phenoxy) is 6. The second-order valence-corrected chi connectivity index (χ2v) is 23.8. The number of hydrogen-bond donors (Lipinski definition) is 9. The SMILES string of the molecule is CC(=O)NC1C(OC2CCC3(C)C(CCC4(C)C3CCC3C5CC(C)(C)CCC5(C(=O)O)CCC34C)C2(C)C)OC(COC2OCC(O)C(O)C2OC2OCC(O)C(O)C2O)C(O)C1O. The van der Waals surface area contributed by atoms with Crippen molar-refractivity contribution in [3.63, 3.8) is 0 Å². The van der Waals surface area contributed by atoms with Crippen molar-refractivity contribution in [1.29, 1.82) is 0 Å². The van der Waals surface area contributed by atoms with Crippen molar-refractivity contribution in [3.05, 3.63) is 0 Å². The topological polar surface area (TPSA) is 263 Å². The van der Waals surface area contributed by atoms with Gasteiger partial charge in [0.05, 0.1) is 31.3 Å². The number of carbonyl (C=O) groups is 2. The molecule has 5 saturated carbocycles. The van der Waals surface area contributed by atoms with E-state index in [4.69, 9.17) is 28.4 Å². The normalized spacial score (nSPS) is 52.8. The molecule has 1 amide bonds. The molecular weight excluding hydrogens is 847 g/mol. The molecule has 0 aromatic carbocycles. The van der Waals surface area contributed by atoms with Crippen LogP contribution in [0.2, 0.25) is 0 Å². The Bertz CT molecular complexity index is 1750. The minimum Gasteiger partial charge on any atom is -0.481 e. The van der Waals surface area contributed by atoms with Crippen LogP contribution in [0.4, 0.5) is 0 Å². The van der Waals surface area contributed by atoms with E-state index in [2.05, 4.69) is 53.8 Å². The van der Waals surface area contributed by atoms with E-state index in [1.165, 1.54) is 6.92 Å². The van der Waals surface area contributed by atoms with Gasteiger partial charge in [0.1, 0.15) is 61.0 Å². The summed E-state index contributed by atoms with van der Waals surface area (Å²) >= 11 is 0. The molecule has 3 heterocycles. The van der Waals surface area contributed by atoms with Gasteiger partial charge in [-0.3, -0.25) is 9.59 Å². The molecule has 0 bridgehead atoms. The maximum absolute atomic E-state index is 13.2. The van der Waals surface area contributed by atoms with Crippen LogP contribution in [0.25, 0.3) is 0 Å². The van der Waals surface area contributed by atoms with Crippen molar-refractivity contribution in [1.82, 2.24) is 5.32 Å². The first kappa shape index (κ1) is 49.8. The Morgan fingerprint density at radius 2 is 1.31 bits per heavy atom. The number of carboxylic acids is 1. The van der Waals surface area contributed by atoms with Gasteiger partial charge in [-0.15, -0.1) is 0 Å². The molecule has 8 fully saturated rings. The van der Waals surface area contributed by atoms with Crippen molar-refractivity contribution < 1.29 is 78.9 Å². The third-order valence-corrected chi connectivity index (χ3v) is 19.6. The van der Waals surface area contributed by atoms with E-state index in [-0.39, 0.29) is 58.2 Å². The predicted molar refractivity (Wildman–Crippen MR) is 230 cm³/mol. The number of carbonyl (C=O) groups excluding carboxylic acids is 1. The molecule has 0 radical (unpaired) electrons. The average Bonchev–Trinajstić information content (AvgIpc) is 3.23. The number of aliphatic hydroxyl groups is 7. The molecule has 17 heteroatoms. The lowest BCUT2D eigenvalue weighted by Crippen LogP contribution is -2.69. The first-order valence-corrected chi connectivity index (χ1v) is 24.4. The summed E-state index contributed by atoms with van der Waals surface area (Å²) in [6.07, 6.45) is -7.90. The van der Waals surface area contributed by atoms with Gasteiger partial charge in [0.2, 0.25) is 5.91 Å². The summed E-state index contributed by atoms with van der Waals surface area (Å²) < 4.78 is 36.1. The summed E-state index contributed by atoms with van der Waals surface area (Å²) in [5, 5.41) is 88.4. The first-order chi connectivity index (χ1) is 30.3. The molecule has 22 unspecified atom stereocenters. The number of amides is 1. The Labute approximate surface area is 383 Å². The average molecular weight is 926 g/mol. The van der Waals surface area contributed by atoms with Crippen LogP contribution in [0.5, 0.6) is 0 Å². The maximum atomic E-state index is 13.2. The van der Waals surface area contributed by atoms with Gasteiger partial charge in [0.25, 0.3) is 0 Å². The third kappa shape index (κ3) is 8.23. The Kier molecular flexibility index (Phi) is 13.6. The summed E-state index contributed by atoms with van der Waals surface area (Å²) in [5.74, 6) is 0.170. The van der Waals surface area contributed by atoms with E-state index in [9.17, 15) is 50.4 Å². The minimum atomic E-state index is -1.70. The van der Waals surface area contributed by atoms with Crippen LogP contribution in [0, 0.1) is 56.2 Å². The second-order valence-electron chi connectivity index (χ2n) is 23.8. The number of aliphatic hydroxyl groups excluding tert-OH is 7. The van der Waals surface area contributed by atoms with E-state index in [0.29, 0.717) is 18.3 Å². The Balaban J connectivity index is 0.981. The summed E-state index contributed by atoms with van der Waals surface area (Å²) in [7, 11) is 0. The van der Waals surface area contributed by atoms with E-state index in [0.717, 1.165) is 64.2 Å². The predicted octanol–water partition coefficient (Wildman–Crippen LogP) is 2.21. The van der Waals surface area contributed by atoms with Gasteiger partial charge >= 0.3 is 5.97 Å². The molecule has 8 aliphatic rings. The lowest BCUT2D eigenvalue weighted by molar-refractivity contribution is -0.352. The van der Waals surface area contributed by atoms with Crippen LogP contribution < -0.4 is 5.32 Å². The third-order valence-electron chi connectivity index (χ3n) is 19.6. The first-order valence-electron chi connectivity index (χ1n) is 24.4. The van der Waals surface area contributed by atoms with Crippen LogP contribution in [0.1, 0.15) is 126 Å². The quantitative estimate of drug-likeness (QED) is 0.150. The Morgan fingerprint density at radius 1 is 0.646 bits per heavy atom. The molecule has 0 aromatic rings. The summed E-state index contributed by atoms with van der Waals surface area (Å²) in [6, 6.07) is -1.13. The summed E-state index contributed by atoms with van der Waals surface area (Å²) in [5.41, 5.74) is -0.878. The number of nitrogens with one attached hydrogen (secondary N) is 1. The molecule has 8 rings (SSSR count). The van der Waals surface area contributed by atoms with Gasteiger partial charge in [-0.05, 0) is 121 Å². The van der Waals surface area contributed by atoms with Crippen molar-refractivity contribution in [2.45, 2.75) is 212 Å². The van der Waals surface area contributed by atoms with E-state index < -0.39 is 104 Å². The Hall–Kier alpha value is -1.58. The highest BCUT2D eigenvalue weighted by Crippen LogP contribution is 2.77. The number of carboxylic acid groups (broad SMARTS) is 1. The van der Waals surface area contributed by atoms with E-state index in [1.54, 1.807) is 0 Å². The summed E-state index contributed by atoms with van der Waals surface area (Å²) in [6.45, 7) is 16.8. The largest absolute Gasteiger partial charge is 0.481 e. The highest BCUT2D eigenvalue weighted by atomic mass is 16.8. The van der Waals surface area contributed by atoms with Gasteiger partial charge < -0.3 is 74.6 Å². The molecule has 9 N–H and O–H groups in total. The smallest absolute Gasteiger partial charge is 0.309 e. The number of hydrogen-bond acceptors (Lipinski definition) is 15. The molecule has 65 heavy (non-hydrogen) atoms. The van der Waals surface area contributed by atoms with Crippen LogP contribution >= 0.6 is 0 Å². The molecule has 372 valence electrons. The molecule has 3 saturated heterocycles. The molecule has 0 aromatic heterocycles. The van der Waals surface area contributed by atoms with Crippen molar-refractivity contribution in [2.75, 3.05) is 19.8 Å². The minimum absolute atomic E-state index is 0.0116. The molecule has 22 atom stereocenters. The van der Waals surface area contributed by atoms with Crippen molar-refractivity contribution in [3.8, 4) is 0 Å². The zero-order chi connectivity index (χ0) is 47.4. The molecule has 5 aliphatic carbocycles. The van der Waals surface area contributed by atoms with E-state index in [1.807, 2.05) is 0 Å².